The van der Waals surface area contributed by atoms with E-state index >= 15 is 0 Å². The zero-order valence-corrected chi connectivity index (χ0v) is 14.2. The second-order valence-electron chi connectivity index (χ2n) is 6.16. The van der Waals surface area contributed by atoms with E-state index in [0.717, 1.165) is 11.3 Å². The maximum atomic E-state index is 11.8. The first-order valence-corrected chi connectivity index (χ1v) is 8.12. The predicted octanol–water partition coefficient (Wildman–Crippen LogP) is 3.54. The average Bonchev–Trinajstić information content (AvgIpc) is 2.49. The second kappa shape index (κ2) is 9.87. The molecule has 1 aromatic rings. The van der Waals surface area contributed by atoms with E-state index in [2.05, 4.69) is 19.2 Å². The minimum atomic E-state index is -0.821. The number of nitrogens with one attached hydrogen (secondary N) is 1. The number of hydrogen-bond donors (Lipinski definition) is 2. The van der Waals surface area contributed by atoms with Gasteiger partial charge in [-0.25, -0.2) is 0 Å². The Morgan fingerprint density at radius 2 is 1.70 bits per heavy atom. The quantitative estimate of drug-likeness (QED) is 0.646. The van der Waals surface area contributed by atoms with Crippen molar-refractivity contribution in [2.45, 2.75) is 52.5 Å². The summed E-state index contributed by atoms with van der Waals surface area (Å²) in [5.41, 5.74) is 1.01. The number of rotatable bonds is 10. The van der Waals surface area contributed by atoms with Gasteiger partial charge in [0.2, 0.25) is 5.91 Å². The number of carbonyl (C=O) groups excluding carboxylic acids is 1. The molecule has 23 heavy (non-hydrogen) atoms. The van der Waals surface area contributed by atoms with Gasteiger partial charge >= 0.3 is 5.97 Å². The summed E-state index contributed by atoms with van der Waals surface area (Å²) >= 11 is 0. The molecule has 1 atom stereocenters. The summed E-state index contributed by atoms with van der Waals surface area (Å²) in [5, 5.41) is 11.5. The lowest BCUT2D eigenvalue weighted by Gasteiger charge is -2.15. The van der Waals surface area contributed by atoms with Crippen LogP contribution >= 0.6 is 0 Å². The minimum Gasteiger partial charge on any atom is -0.493 e. The molecule has 0 saturated heterocycles. The molecule has 0 aliphatic carbocycles. The van der Waals surface area contributed by atoms with Crippen LogP contribution in [0.15, 0.2) is 24.3 Å². The van der Waals surface area contributed by atoms with E-state index in [0.29, 0.717) is 31.8 Å². The molecule has 0 aromatic heterocycles. The number of benzene rings is 1. The van der Waals surface area contributed by atoms with Crippen LogP contribution in [0.2, 0.25) is 0 Å². The average molecular weight is 321 g/mol. The van der Waals surface area contributed by atoms with Crippen molar-refractivity contribution in [3.05, 3.63) is 29.8 Å². The van der Waals surface area contributed by atoms with Crippen LogP contribution in [-0.4, -0.2) is 23.6 Å². The summed E-state index contributed by atoms with van der Waals surface area (Å²) in [6.45, 7) is 6.81. The van der Waals surface area contributed by atoms with Crippen LogP contribution in [0.5, 0.6) is 5.75 Å². The van der Waals surface area contributed by atoms with E-state index in [1.807, 2.05) is 31.2 Å². The summed E-state index contributed by atoms with van der Waals surface area (Å²) in [6.07, 6.45) is 1.58. The first-order chi connectivity index (χ1) is 10.9. The SMILES string of the molecule is CC(C)COc1ccc(C(C)NC(=O)CCCCC(=O)O)cc1. The fraction of sp³-hybridized carbons (Fsp3) is 0.556. The van der Waals surface area contributed by atoms with E-state index < -0.39 is 5.97 Å². The van der Waals surface area contributed by atoms with Gasteiger partial charge in [-0.2, -0.15) is 0 Å². The standard InChI is InChI=1S/C18H27NO4/c1-13(2)12-23-16-10-8-15(9-11-16)14(3)19-17(20)6-4-5-7-18(21)22/h8-11,13-14H,4-7,12H2,1-3H3,(H,19,20)(H,21,22). The highest BCUT2D eigenvalue weighted by atomic mass is 16.5. The molecule has 1 aromatic carbocycles. The van der Waals surface area contributed by atoms with Gasteiger partial charge in [-0.1, -0.05) is 26.0 Å². The Morgan fingerprint density at radius 1 is 1.09 bits per heavy atom. The zero-order valence-electron chi connectivity index (χ0n) is 14.2. The largest absolute Gasteiger partial charge is 0.493 e. The van der Waals surface area contributed by atoms with E-state index in [9.17, 15) is 9.59 Å². The highest BCUT2D eigenvalue weighted by Gasteiger charge is 2.10. The van der Waals surface area contributed by atoms with Gasteiger partial charge < -0.3 is 15.2 Å². The summed E-state index contributed by atoms with van der Waals surface area (Å²) in [7, 11) is 0. The van der Waals surface area contributed by atoms with Crippen molar-refractivity contribution < 1.29 is 19.4 Å². The smallest absolute Gasteiger partial charge is 0.303 e. The Hall–Kier alpha value is -2.04. The molecule has 5 heteroatoms. The van der Waals surface area contributed by atoms with Crippen molar-refractivity contribution in [3.8, 4) is 5.75 Å². The normalized spacial score (nSPS) is 12.0. The van der Waals surface area contributed by atoms with Crippen LogP contribution in [0.3, 0.4) is 0 Å². The number of hydrogen-bond acceptors (Lipinski definition) is 3. The summed E-state index contributed by atoms with van der Waals surface area (Å²) in [6, 6.07) is 7.64. The monoisotopic (exact) mass is 321 g/mol. The third-order valence-corrected chi connectivity index (χ3v) is 3.39. The van der Waals surface area contributed by atoms with Gasteiger partial charge in [0.05, 0.1) is 12.6 Å². The van der Waals surface area contributed by atoms with Crippen LogP contribution in [0.25, 0.3) is 0 Å². The molecule has 1 unspecified atom stereocenters. The van der Waals surface area contributed by atoms with Gasteiger partial charge in [0.15, 0.2) is 0 Å². The lowest BCUT2D eigenvalue weighted by atomic mass is 10.1. The Labute approximate surface area is 138 Å². The van der Waals surface area contributed by atoms with Crippen molar-refractivity contribution in [1.29, 1.82) is 0 Å². The van der Waals surface area contributed by atoms with Gasteiger partial charge in [-0.3, -0.25) is 9.59 Å². The molecule has 2 N–H and O–H groups in total. The topological polar surface area (TPSA) is 75.6 Å². The molecular formula is C18H27NO4. The molecular weight excluding hydrogens is 294 g/mol. The molecule has 0 aliphatic heterocycles. The number of aliphatic carboxylic acids is 1. The van der Waals surface area contributed by atoms with Gasteiger partial charge in [-0.15, -0.1) is 0 Å². The number of unbranched alkanes of at least 4 members (excludes halogenated alkanes) is 1. The molecule has 0 spiro atoms. The fourth-order valence-electron chi connectivity index (χ4n) is 2.07. The number of carboxylic acid groups (broad SMARTS) is 1. The van der Waals surface area contributed by atoms with Crippen molar-refractivity contribution in [1.82, 2.24) is 5.32 Å². The Bertz CT molecular complexity index is 496. The second-order valence-corrected chi connectivity index (χ2v) is 6.16. The molecule has 0 saturated carbocycles. The molecule has 1 rings (SSSR count). The Kier molecular flexibility index (Phi) is 8.16. The lowest BCUT2D eigenvalue weighted by Crippen LogP contribution is -2.26. The Balaban J connectivity index is 2.37. The third-order valence-electron chi connectivity index (χ3n) is 3.39. The maximum absolute atomic E-state index is 11.8. The third kappa shape index (κ3) is 8.24. The van der Waals surface area contributed by atoms with Gasteiger partial charge in [0, 0.05) is 12.8 Å². The number of ether oxygens (including phenoxy) is 1. The molecule has 0 radical (unpaired) electrons. The zero-order chi connectivity index (χ0) is 17.2. The van der Waals surface area contributed by atoms with Gasteiger partial charge in [-0.05, 0) is 43.4 Å². The van der Waals surface area contributed by atoms with Gasteiger partial charge in [0.25, 0.3) is 0 Å². The molecule has 5 nitrogen and oxygen atoms in total. The van der Waals surface area contributed by atoms with E-state index in [1.54, 1.807) is 0 Å². The fourth-order valence-corrected chi connectivity index (χ4v) is 2.07. The molecule has 0 heterocycles. The molecule has 1 amide bonds. The van der Waals surface area contributed by atoms with Crippen LogP contribution in [0.4, 0.5) is 0 Å². The van der Waals surface area contributed by atoms with Crippen LogP contribution in [0.1, 0.15) is 58.1 Å². The van der Waals surface area contributed by atoms with Gasteiger partial charge in [0.1, 0.15) is 5.75 Å². The first-order valence-electron chi connectivity index (χ1n) is 8.12. The minimum absolute atomic E-state index is 0.0528. The van der Waals surface area contributed by atoms with Crippen LogP contribution in [0, 0.1) is 5.92 Å². The number of carboxylic acids is 1. The van der Waals surface area contributed by atoms with E-state index in [1.165, 1.54) is 0 Å². The Morgan fingerprint density at radius 3 is 2.26 bits per heavy atom. The highest BCUT2D eigenvalue weighted by molar-refractivity contribution is 5.76. The lowest BCUT2D eigenvalue weighted by molar-refractivity contribution is -0.137. The number of carbonyl (C=O) groups is 2. The molecule has 128 valence electrons. The number of amides is 1. The van der Waals surface area contributed by atoms with Crippen molar-refractivity contribution in [3.63, 3.8) is 0 Å². The highest BCUT2D eigenvalue weighted by Crippen LogP contribution is 2.18. The van der Waals surface area contributed by atoms with E-state index in [4.69, 9.17) is 9.84 Å². The van der Waals surface area contributed by atoms with Crippen LogP contribution < -0.4 is 10.1 Å². The summed E-state index contributed by atoms with van der Waals surface area (Å²) in [5.74, 6) is 0.435. The first kappa shape index (κ1) is 19.0. The van der Waals surface area contributed by atoms with Crippen molar-refractivity contribution in [2.75, 3.05) is 6.61 Å². The van der Waals surface area contributed by atoms with Crippen LogP contribution in [-0.2, 0) is 9.59 Å². The van der Waals surface area contributed by atoms with Crippen molar-refractivity contribution in [2.24, 2.45) is 5.92 Å². The summed E-state index contributed by atoms with van der Waals surface area (Å²) in [4.78, 5) is 22.2. The predicted molar refractivity (Wildman–Crippen MR) is 89.4 cm³/mol. The van der Waals surface area contributed by atoms with E-state index in [-0.39, 0.29) is 18.4 Å². The summed E-state index contributed by atoms with van der Waals surface area (Å²) < 4.78 is 5.63. The maximum Gasteiger partial charge on any atom is 0.303 e. The molecule has 0 fully saturated rings. The molecule has 0 bridgehead atoms. The molecule has 0 aliphatic rings. The van der Waals surface area contributed by atoms with Crippen molar-refractivity contribution >= 4 is 11.9 Å².